The van der Waals surface area contributed by atoms with Gasteiger partial charge in [0.05, 0.1) is 0 Å². The molecule has 1 heterocycles. The van der Waals surface area contributed by atoms with Crippen LogP contribution in [0.25, 0.3) is 0 Å². The molecule has 2 unspecified atom stereocenters. The van der Waals surface area contributed by atoms with Crippen molar-refractivity contribution >= 4 is 11.8 Å². The van der Waals surface area contributed by atoms with Crippen molar-refractivity contribution in [3.8, 4) is 0 Å². The Balaban J connectivity index is 1.73. The summed E-state index contributed by atoms with van der Waals surface area (Å²) in [4.78, 5) is 27.1. The van der Waals surface area contributed by atoms with Gasteiger partial charge in [0.2, 0.25) is 11.8 Å². The van der Waals surface area contributed by atoms with Crippen LogP contribution in [-0.2, 0) is 9.59 Å². The van der Waals surface area contributed by atoms with Crippen molar-refractivity contribution in [2.45, 2.75) is 70.3 Å². The number of hydrogen-bond acceptors (Lipinski definition) is 2. The maximum atomic E-state index is 13.0. The van der Waals surface area contributed by atoms with E-state index in [1.165, 1.54) is 25.7 Å². The molecule has 1 N–H and O–H groups in total. The van der Waals surface area contributed by atoms with Gasteiger partial charge in [-0.25, -0.2) is 0 Å². The van der Waals surface area contributed by atoms with E-state index in [0.29, 0.717) is 18.9 Å². The highest BCUT2D eigenvalue weighted by Crippen LogP contribution is 2.34. The molecule has 0 aromatic rings. The van der Waals surface area contributed by atoms with Crippen molar-refractivity contribution in [2.24, 2.45) is 11.8 Å². The molecule has 0 bridgehead atoms. The third-order valence-electron chi connectivity index (χ3n) is 5.67. The van der Waals surface area contributed by atoms with Crippen LogP contribution >= 0.6 is 0 Å². The molecule has 0 radical (unpaired) electrons. The average Bonchev–Trinajstić information content (AvgIpc) is 2.84. The van der Waals surface area contributed by atoms with E-state index in [4.69, 9.17) is 0 Å². The Morgan fingerprint density at radius 3 is 2.62 bits per heavy atom. The summed E-state index contributed by atoms with van der Waals surface area (Å²) in [6.45, 7) is 3.77. The van der Waals surface area contributed by atoms with Gasteiger partial charge >= 0.3 is 0 Å². The van der Waals surface area contributed by atoms with Crippen molar-refractivity contribution < 1.29 is 9.59 Å². The fourth-order valence-electron chi connectivity index (χ4n) is 4.49. The smallest absolute Gasteiger partial charge is 0.248 e. The zero-order chi connectivity index (χ0) is 14.9. The number of hydrogen-bond donors (Lipinski definition) is 1. The van der Waals surface area contributed by atoms with Crippen LogP contribution < -0.4 is 5.32 Å². The minimum Gasteiger partial charge on any atom is -0.342 e. The van der Waals surface area contributed by atoms with Crippen molar-refractivity contribution in [3.63, 3.8) is 0 Å². The van der Waals surface area contributed by atoms with E-state index >= 15 is 0 Å². The predicted molar refractivity (Wildman–Crippen MR) is 81.7 cm³/mol. The van der Waals surface area contributed by atoms with Crippen LogP contribution in [0.5, 0.6) is 0 Å². The molecule has 118 valence electrons. The maximum Gasteiger partial charge on any atom is 0.248 e. The van der Waals surface area contributed by atoms with Crippen molar-refractivity contribution in [1.29, 1.82) is 0 Å². The quantitative estimate of drug-likeness (QED) is 0.850. The molecule has 1 aliphatic heterocycles. The molecule has 2 aliphatic carbocycles. The van der Waals surface area contributed by atoms with Crippen LogP contribution in [0, 0.1) is 11.8 Å². The molecule has 3 aliphatic rings. The van der Waals surface area contributed by atoms with E-state index in [1.807, 2.05) is 4.90 Å². The van der Waals surface area contributed by atoms with Gasteiger partial charge in [0.15, 0.2) is 0 Å². The molecule has 3 rings (SSSR count). The molecule has 1 saturated heterocycles. The van der Waals surface area contributed by atoms with Crippen LogP contribution in [0.1, 0.15) is 64.7 Å². The first-order chi connectivity index (χ1) is 10.1. The second-order valence-corrected chi connectivity index (χ2v) is 7.48. The molecule has 2 amide bonds. The molecule has 4 nitrogen and oxygen atoms in total. The molecule has 3 fully saturated rings. The van der Waals surface area contributed by atoms with Crippen LogP contribution in [0.2, 0.25) is 0 Å². The van der Waals surface area contributed by atoms with Gasteiger partial charge in [-0.15, -0.1) is 0 Å². The van der Waals surface area contributed by atoms with E-state index < -0.39 is 5.54 Å². The maximum absolute atomic E-state index is 13.0. The van der Waals surface area contributed by atoms with Crippen LogP contribution in [0.15, 0.2) is 0 Å². The average molecular weight is 292 g/mol. The van der Waals surface area contributed by atoms with Crippen molar-refractivity contribution in [1.82, 2.24) is 10.2 Å². The summed E-state index contributed by atoms with van der Waals surface area (Å²) in [5.74, 6) is 1.69. The summed E-state index contributed by atoms with van der Waals surface area (Å²) in [7, 11) is 0. The minimum absolute atomic E-state index is 0.0625. The number of carbonyl (C=O) groups is 2. The van der Waals surface area contributed by atoms with Gasteiger partial charge in [-0.05, 0) is 37.5 Å². The monoisotopic (exact) mass is 292 g/mol. The minimum atomic E-state index is -0.573. The Bertz CT molecular complexity index is 415. The summed E-state index contributed by atoms with van der Waals surface area (Å²) in [5.41, 5.74) is -0.573. The van der Waals surface area contributed by atoms with E-state index in [0.717, 1.165) is 38.1 Å². The van der Waals surface area contributed by atoms with Gasteiger partial charge in [-0.1, -0.05) is 32.6 Å². The molecule has 0 aromatic heterocycles. The number of carbonyl (C=O) groups excluding carboxylic acids is 2. The van der Waals surface area contributed by atoms with Gasteiger partial charge in [0.25, 0.3) is 0 Å². The molecular weight excluding hydrogens is 264 g/mol. The van der Waals surface area contributed by atoms with Gasteiger partial charge < -0.3 is 10.2 Å². The first kappa shape index (κ1) is 14.9. The van der Waals surface area contributed by atoms with E-state index in [-0.39, 0.29) is 11.8 Å². The van der Waals surface area contributed by atoms with Gasteiger partial charge in [0, 0.05) is 19.5 Å². The van der Waals surface area contributed by atoms with Gasteiger partial charge in [-0.2, -0.15) is 0 Å². The van der Waals surface area contributed by atoms with Gasteiger partial charge in [0.1, 0.15) is 5.54 Å². The lowest BCUT2D eigenvalue weighted by Gasteiger charge is -2.38. The fourth-order valence-corrected chi connectivity index (χ4v) is 4.49. The molecule has 1 spiro atoms. The zero-order valence-electron chi connectivity index (χ0n) is 13.2. The van der Waals surface area contributed by atoms with Crippen LogP contribution in [0.4, 0.5) is 0 Å². The standard InChI is InChI=1S/C17H28N2O2/c1-13-5-6-14(11-13)12-19-10-7-15(20)18-17(16(19)21)8-3-2-4-9-17/h13-14H,2-12H2,1H3,(H,18,20). The molecular formula is C17H28N2O2. The SMILES string of the molecule is CC1CCC(CN2CCC(=O)NC3(CCCCC3)C2=O)C1. The second kappa shape index (κ2) is 5.98. The van der Waals surface area contributed by atoms with Gasteiger partial charge in [-0.3, -0.25) is 9.59 Å². The Morgan fingerprint density at radius 2 is 1.95 bits per heavy atom. The first-order valence-electron chi connectivity index (χ1n) is 8.69. The Kier molecular flexibility index (Phi) is 4.23. The summed E-state index contributed by atoms with van der Waals surface area (Å²) in [5, 5.41) is 3.08. The molecule has 4 heteroatoms. The Labute approximate surface area is 127 Å². The van der Waals surface area contributed by atoms with Crippen LogP contribution in [0.3, 0.4) is 0 Å². The lowest BCUT2D eigenvalue weighted by atomic mass is 9.80. The predicted octanol–water partition coefficient (Wildman–Crippen LogP) is 2.47. The number of nitrogens with one attached hydrogen (secondary N) is 1. The third-order valence-corrected chi connectivity index (χ3v) is 5.67. The van der Waals surface area contributed by atoms with E-state index in [2.05, 4.69) is 12.2 Å². The normalized spacial score (nSPS) is 33.1. The van der Waals surface area contributed by atoms with Crippen LogP contribution in [-0.4, -0.2) is 35.3 Å². The van der Waals surface area contributed by atoms with E-state index in [1.54, 1.807) is 0 Å². The number of rotatable bonds is 2. The largest absolute Gasteiger partial charge is 0.342 e. The summed E-state index contributed by atoms with van der Waals surface area (Å²) in [6, 6.07) is 0. The summed E-state index contributed by atoms with van der Waals surface area (Å²) < 4.78 is 0. The molecule has 2 saturated carbocycles. The number of nitrogens with zero attached hydrogens (tertiary/aromatic N) is 1. The number of amides is 2. The van der Waals surface area contributed by atoms with Crippen molar-refractivity contribution in [2.75, 3.05) is 13.1 Å². The Hall–Kier alpha value is -1.06. The zero-order valence-corrected chi connectivity index (χ0v) is 13.2. The highest BCUT2D eigenvalue weighted by molar-refractivity contribution is 5.93. The molecule has 21 heavy (non-hydrogen) atoms. The summed E-state index contributed by atoms with van der Waals surface area (Å²) >= 11 is 0. The second-order valence-electron chi connectivity index (χ2n) is 7.48. The Morgan fingerprint density at radius 1 is 1.19 bits per heavy atom. The topological polar surface area (TPSA) is 49.4 Å². The highest BCUT2D eigenvalue weighted by Gasteiger charge is 2.45. The fraction of sp³-hybridized carbons (Fsp3) is 0.882. The van der Waals surface area contributed by atoms with Crippen molar-refractivity contribution in [3.05, 3.63) is 0 Å². The third kappa shape index (κ3) is 3.09. The lowest BCUT2D eigenvalue weighted by Crippen LogP contribution is -2.58. The molecule has 2 atom stereocenters. The lowest BCUT2D eigenvalue weighted by molar-refractivity contribution is -0.140. The first-order valence-corrected chi connectivity index (χ1v) is 8.69. The molecule has 0 aromatic carbocycles. The summed E-state index contributed by atoms with van der Waals surface area (Å²) in [6.07, 6.45) is 9.18. The van der Waals surface area contributed by atoms with E-state index in [9.17, 15) is 9.59 Å². The highest BCUT2D eigenvalue weighted by atomic mass is 16.2.